The Morgan fingerprint density at radius 1 is 1.10 bits per heavy atom. The lowest BCUT2D eigenvalue weighted by atomic mass is 10.2. The Balaban J connectivity index is 0.00000200. The van der Waals surface area contributed by atoms with E-state index in [2.05, 4.69) is 34.1 Å². The first kappa shape index (κ1) is 20.0. The van der Waals surface area contributed by atoms with E-state index in [1.807, 2.05) is 13.0 Å². The monoisotopic (exact) mass is 334 g/mol. The van der Waals surface area contributed by atoms with E-state index in [-0.39, 0.29) is 30.8 Å². The third-order valence-electron chi connectivity index (χ3n) is 3.43. The smallest absolute Gasteiger partial charge is 0.307 e. The Hall–Kier alpha value is -0.970. The molecule has 120 valence electrons. The average Bonchev–Trinajstić information content (AvgIpc) is 2.47. The highest BCUT2D eigenvalue weighted by Crippen LogP contribution is 2.15. The Bertz CT molecular complexity index is 396. The summed E-state index contributed by atoms with van der Waals surface area (Å²) in [5.74, 6) is -0.0898. The molecule has 0 bridgehead atoms. The molecule has 0 aliphatic carbocycles. The van der Waals surface area contributed by atoms with E-state index in [4.69, 9.17) is 4.74 Å². The number of halogens is 2. The molecule has 1 heterocycles. The predicted octanol–water partition coefficient (Wildman–Crippen LogP) is 2.61. The Morgan fingerprint density at radius 3 is 2.29 bits per heavy atom. The van der Waals surface area contributed by atoms with Gasteiger partial charge in [0.05, 0.1) is 13.0 Å². The van der Waals surface area contributed by atoms with E-state index >= 15 is 0 Å². The van der Waals surface area contributed by atoms with Crippen LogP contribution in [0, 0.1) is 0 Å². The molecule has 1 aromatic carbocycles. The molecule has 4 nitrogen and oxygen atoms in total. The van der Waals surface area contributed by atoms with Crippen molar-refractivity contribution in [1.29, 1.82) is 0 Å². The van der Waals surface area contributed by atoms with Crippen LogP contribution in [-0.2, 0) is 9.53 Å². The van der Waals surface area contributed by atoms with Gasteiger partial charge in [-0.1, -0.05) is 18.2 Å². The maximum atomic E-state index is 11.3. The van der Waals surface area contributed by atoms with Crippen molar-refractivity contribution in [2.75, 3.05) is 44.2 Å². The van der Waals surface area contributed by atoms with Gasteiger partial charge in [-0.25, -0.2) is 0 Å². The Morgan fingerprint density at radius 2 is 1.71 bits per heavy atom. The van der Waals surface area contributed by atoms with Crippen LogP contribution in [0.5, 0.6) is 0 Å². The fourth-order valence-electron chi connectivity index (χ4n) is 2.35. The number of carbonyl (C=O) groups is 1. The zero-order valence-corrected chi connectivity index (χ0v) is 14.0. The van der Waals surface area contributed by atoms with Gasteiger partial charge >= 0.3 is 5.97 Å². The minimum atomic E-state index is -0.0898. The highest BCUT2D eigenvalue weighted by Gasteiger charge is 2.17. The van der Waals surface area contributed by atoms with E-state index < -0.39 is 0 Å². The molecule has 0 saturated carbocycles. The van der Waals surface area contributed by atoms with Crippen LogP contribution in [0.25, 0.3) is 0 Å². The molecular weight excluding hydrogens is 311 g/mol. The second-order valence-electron chi connectivity index (χ2n) is 4.72. The Labute approximate surface area is 139 Å². The van der Waals surface area contributed by atoms with Crippen LogP contribution < -0.4 is 4.90 Å². The summed E-state index contributed by atoms with van der Waals surface area (Å²) in [7, 11) is 0. The molecule has 1 aromatic rings. The van der Waals surface area contributed by atoms with Gasteiger partial charge in [0.25, 0.3) is 0 Å². The standard InChI is InChI=1S/C15H22N2O2.2ClH/c1-2-19-15(18)8-9-16-10-12-17(13-11-16)14-6-4-3-5-7-14;;/h3-7H,2,8-13H2,1H3;2*1H. The molecule has 0 N–H and O–H groups in total. The SMILES string of the molecule is CCOC(=O)CCN1CCN(c2ccccc2)CC1.Cl.Cl. The maximum Gasteiger partial charge on any atom is 0.307 e. The molecule has 1 fully saturated rings. The summed E-state index contributed by atoms with van der Waals surface area (Å²) in [6.07, 6.45) is 0.499. The van der Waals surface area contributed by atoms with Gasteiger partial charge < -0.3 is 9.64 Å². The number of para-hydroxylation sites is 1. The van der Waals surface area contributed by atoms with E-state index in [1.54, 1.807) is 0 Å². The largest absolute Gasteiger partial charge is 0.466 e. The third kappa shape index (κ3) is 6.55. The number of ether oxygens (including phenoxy) is 1. The number of esters is 1. The quantitative estimate of drug-likeness (QED) is 0.775. The van der Waals surface area contributed by atoms with E-state index in [0.29, 0.717) is 13.0 Å². The van der Waals surface area contributed by atoms with Crippen LogP contribution in [0.2, 0.25) is 0 Å². The van der Waals surface area contributed by atoms with Gasteiger partial charge in [0, 0.05) is 38.4 Å². The first-order valence-corrected chi connectivity index (χ1v) is 6.97. The van der Waals surface area contributed by atoms with Gasteiger partial charge in [-0.3, -0.25) is 9.69 Å². The summed E-state index contributed by atoms with van der Waals surface area (Å²) >= 11 is 0. The number of rotatable bonds is 5. The minimum absolute atomic E-state index is 0. The van der Waals surface area contributed by atoms with Gasteiger partial charge in [0.2, 0.25) is 0 Å². The molecule has 0 unspecified atom stereocenters. The first-order chi connectivity index (χ1) is 9.29. The number of hydrogen-bond donors (Lipinski definition) is 0. The predicted molar refractivity (Wildman–Crippen MR) is 90.8 cm³/mol. The summed E-state index contributed by atoms with van der Waals surface area (Å²) in [6, 6.07) is 10.5. The van der Waals surface area contributed by atoms with Gasteiger partial charge in [0.1, 0.15) is 0 Å². The van der Waals surface area contributed by atoms with Gasteiger partial charge in [-0.2, -0.15) is 0 Å². The summed E-state index contributed by atoms with van der Waals surface area (Å²) in [5, 5.41) is 0. The van der Waals surface area contributed by atoms with Crippen molar-refractivity contribution in [2.45, 2.75) is 13.3 Å². The van der Waals surface area contributed by atoms with Crippen molar-refractivity contribution >= 4 is 36.5 Å². The van der Waals surface area contributed by atoms with Crippen LogP contribution in [0.1, 0.15) is 13.3 Å². The third-order valence-corrected chi connectivity index (χ3v) is 3.43. The molecule has 0 spiro atoms. The van der Waals surface area contributed by atoms with Crippen LogP contribution in [0.15, 0.2) is 30.3 Å². The maximum absolute atomic E-state index is 11.3. The normalized spacial score (nSPS) is 14.8. The zero-order chi connectivity index (χ0) is 13.5. The summed E-state index contributed by atoms with van der Waals surface area (Å²) < 4.78 is 4.95. The van der Waals surface area contributed by atoms with Crippen molar-refractivity contribution in [2.24, 2.45) is 0 Å². The fourth-order valence-corrected chi connectivity index (χ4v) is 2.35. The van der Waals surface area contributed by atoms with Gasteiger partial charge in [-0.15, -0.1) is 24.8 Å². The second-order valence-corrected chi connectivity index (χ2v) is 4.72. The van der Waals surface area contributed by atoms with Crippen molar-refractivity contribution in [3.63, 3.8) is 0 Å². The highest BCUT2D eigenvalue weighted by molar-refractivity contribution is 5.85. The van der Waals surface area contributed by atoms with Crippen LogP contribution >= 0.6 is 24.8 Å². The summed E-state index contributed by atoms with van der Waals surface area (Å²) in [5.41, 5.74) is 1.28. The van der Waals surface area contributed by atoms with Gasteiger partial charge in [-0.05, 0) is 19.1 Å². The molecule has 1 aliphatic heterocycles. The van der Waals surface area contributed by atoms with Gasteiger partial charge in [0.15, 0.2) is 0 Å². The first-order valence-electron chi connectivity index (χ1n) is 6.97. The molecule has 0 aromatic heterocycles. The number of nitrogens with zero attached hydrogens (tertiary/aromatic N) is 2. The number of benzene rings is 1. The van der Waals surface area contributed by atoms with Crippen LogP contribution in [0.4, 0.5) is 5.69 Å². The van der Waals surface area contributed by atoms with Crippen LogP contribution in [0.3, 0.4) is 0 Å². The lowest BCUT2D eigenvalue weighted by Crippen LogP contribution is -2.46. The summed E-state index contributed by atoms with van der Waals surface area (Å²) in [4.78, 5) is 16.0. The molecule has 0 amide bonds. The molecule has 1 aliphatic rings. The average molecular weight is 335 g/mol. The Kier molecular flexibility index (Phi) is 10.2. The van der Waals surface area contributed by atoms with E-state index in [0.717, 1.165) is 32.7 Å². The number of hydrogen-bond acceptors (Lipinski definition) is 4. The molecule has 2 rings (SSSR count). The van der Waals surface area contributed by atoms with Crippen molar-refractivity contribution in [1.82, 2.24) is 4.90 Å². The molecule has 0 radical (unpaired) electrons. The lowest BCUT2D eigenvalue weighted by Gasteiger charge is -2.35. The van der Waals surface area contributed by atoms with Crippen molar-refractivity contribution in [3.05, 3.63) is 30.3 Å². The van der Waals surface area contributed by atoms with E-state index in [9.17, 15) is 4.79 Å². The van der Waals surface area contributed by atoms with E-state index in [1.165, 1.54) is 5.69 Å². The fraction of sp³-hybridized carbons (Fsp3) is 0.533. The second kappa shape index (κ2) is 10.7. The number of carbonyl (C=O) groups excluding carboxylic acids is 1. The molecular formula is C15H24Cl2N2O2. The minimum Gasteiger partial charge on any atom is -0.466 e. The van der Waals surface area contributed by atoms with Crippen LogP contribution in [-0.4, -0.2) is 50.2 Å². The molecule has 21 heavy (non-hydrogen) atoms. The molecule has 6 heteroatoms. The zero-order valence-electron chi connectivity index (χ0n) is 12.4. The van der Waals surface area contributed by atoms with Crippen molar-refractivity contribution < 1.29 is 9.53 Å². The van der Waals surface area contributed by atoms with Crippen molar-refractivity contribution in [3.8, 4) is 0 Å². The highest BCUT2D eigenvalue weighted by atomic mass is 35.5. The molecule has 1 saturated heterocycles. The number of anilines is 1. The summed E-state index contributed by atoms with van der Waals surface area (Å²) in [6.45, 7) is 7.18. The topological polar surface area (TPSA) is 32.8 Å². The number of piperazine rings is 1. The molecule has 0 atom stereocenters. The lowest BCUT2D eigenvalue weighted by molar-refractivity contribution is -0.143.